The average Bonchev–Trinajstić information content (AvgIpc) is 2.28. The summed E-state index contributed by atoms with van der Waals surface area (Å²) in [6.07, 6.45) is 0. The zero-order valence-corrected chi connectivity index (χ0v) is 9.85. The minimum absolute atomic E-state index is 0.194. The van der Waals surface area contributed by atoms with Crippen LogP contribution in [0.15, 0.2) is 18.2 Å². The third-order valence-corrected chi connectivity index (χ3v) is 3.11. The van der Waals surface area contributed by atoms with Crippen LogP contribution in [0.1, 0.15) is 0 Å². The highest BCUT2D eigenvalue weighted by Crippen LogP contribution is 2.48. The molecule has 0 heterocycles. The molecule has 9 heteroatoms. The van der Waals surface area contributed by atoms with Gasteiger partial charge in [0, 0.05) is 26.4 Å². The van der Waals surface area contributed by atoms with Crippen LogP contribution in [0.3, 0.4) is 0 Å². The van der Waals surface area contributed by atoms with Crippen molar-refractivity contribution >= 4 is 13.5 Å². The number of hydrogen-bond acceptors (Lipinski definition) is 6. The number of nitro benzene ring substituents is 1. The summed E-state index contributed by atoms with van der Waals surface area (Å²) in [5.74, 6) is -1.30. The zero-order valence-electron chi connectivity index (χ0n) is 8.95. The largest absolute Gasteiger partial charge is 0.529 e. The molecule has 0 saturated heterocycles. The summed E-state index contributed by atoms with van der Waals surface area (Å²) in [4.78, 5) is 9.47. The van der Waals surface area contributed by atoms with Gasteiger partial charge in [-0.1, -0.05) is 0 Å². The molecule has 0 N–H and O–H groups in total. The van der Waals surface area contributed by atoms with Gasteiger partial charge in [-0.2, -0.15) is 4.39 Å². The maximum Gasteiger partial charge on any atom is 0.529 e. The second-order valence-corrected chi connectivity index (χ2v) is 4.58. The number of phosphoric acid groups is 1. The molecule has 0 radical (unpaired) electrons. The molecular formula is C8H9FNO6P. The quantitative estimate of drug-likeness (QED) is 0.461. The van der Waals surface area contributed by atoms with E-state index >= 15 is 0 Å². The monoisotopic (exact) mass is 265 g/mol. The lowest BCUT2D eigenvalue weighted by molar-refractivity contribution is -0.387. The number of nitrogens with zero attached hydrogens (tertiary/aromatic N) is 1. The molecule has 1 rings (SSSR count). The maximum absolute atomic E-state index is 13.2. The molecule has 0 spiro atoms. The first-order valence-corrected chi connectivity index (χ1v) is 5.73. The molecule has 0 aliphatic rings. The van der Waals surface area contributed by atoms with Gasteiger partial charge in [-0.15, -0.1) is 0 Å². The van der Waals surface area contributed by atoms with Crippen molar-refractivity contribution in [1.29, 1.82) is 0 Å². The standard InChI is InChI=1S/C8H9FNO6P/c1-14-17(13,15-2)16-6-3-4-8(10(11)12)7(9)5-6/h3-5H,1-2H3. The van der Waals surface area contributed by atoms with Crippen LogP contribution in [0, 0.1) is 15.9 Å². The van der Waals surface area contributed by atoms with E-state index in [-0.39, 0.29) is 5.75 Å². The Bertz CT molecular complexity index is 471. The Morgan fingerprint density at radius 2 is 1.94 bits per heavy atom. The first-order chi connectivity index (χ1) is 7.91. The van der Waals surface area contributed by atoms with Crippen molar-refractivity contribution in [1.82, 2.24) is 0 Å². The van der Waals surface area contributed by atoms with Gasteiger partial charge in [-0.25, -0.2) is 4.57 Å². The Balaban J connectivity index is 2.99. The van der Waals surface area contributed by atoms with Crippen molar-refractivity contribution in [2.45, 2.75) is 0 Å². The van der Waals surface area contributed by atoms with E-state index in [2.05, 4.69) is 9.05 Å². The zero-order chi connectivity index (χ0) is 13.1. The van der Waals surface area contributed by atoms with Gasteiger partial charge < -0.3 is 4.52 Å². The summed E-state index contributed by atoms with van der Waals surface area (Å²) in [7, 11) is -1.62. The highest BCUT2D eigenvalue weighted by molar-refractivity contribution is 7.48. The van der Waals surface area contributed by atoms with E-state index in [1.807, 2.05) is 0 Å². The second kappa shape index (κ2) is 5.22. The highest BCUT2D eigenvalue weighted by Gasteiger charge is 2.26. The molecule has 17 heavy (non-hydrogen) atoms. The lowest BCUT2D eigenvalue weighted by Crippen LogP contribution is -1.98. The van der Waals surface area contributed by atoms with Crippen LogP contribution in [-0.2, 0) is 13.6 Å². The van der Waals surface area contributed by atoms with Gasteiger partial charge in [0.05, 0.1) is 4.92 Å². The second-order valence-electron chi connectivity index (χ2n) is 2.77. The van der Waals surface area contributed by atoms with Crippen LogP contribution in [0.4, 0.5) is 10.1 Å². The van der Waals surface area contributed by atoms with E-state index in [1.54, 1.807) is 0 Å². The molecule has 0 atom stereocenters. The van der Waals surface area contributed by atoms with E-state index in [1.165, 1.54) is 0 Å². The van der Waals surface area contributed by atoms with Crippen molar-refractivity contribution in [3.63, 3.8) is 0 Å². The van der Waals surface area contributed by atoms with Crippen molar-refractivity contribution in [3.05, 3.63) is 34.1 Å². The summed E-state index contributed by atoms with van der Waals surface area (Å²) in [5, 5.41) is 10.4. The van der Waals surface area contributed by atoms with Gasteiger partial charge in [0.25, 0.3) is 0 Å². The minimum Gasteiger partial charge on any atom is -0.404 e. The molecule has 0 aromatic heterocycles. The summed E-state index contributed by atoms with van der Waals surface area (Å²) in [5.41, 5.74) is -0.706. The molecule has 0 unspecified atom stereocenters. The van der Waals surface area contributed by atoms with Crippen molar-refractivity contribution in [2.75, 3.05) is 14.2 Å². The summed E-state index contributed by atoms with van der Waals surface area (Å²) < 4.78 is 38.4. The molecule has 0 amide bonds. The number of hydrogen-bond donors (Lipinski definition) is 0. The van der Waals surface area contributed by atoms with Crippen LogP contribution in [0.5, 0.6) is 5.75 Å². The molecule has 0 fully saturated rings. The molecule has 0 saturated carbocycles. The summed E-state index contributed by atoms with van der Waals surface area (Å²) in [6.45, 7) is 0. The molecule has 1 aromatic carbocycles. The fourth-order valence-corrected chi connectivity index (χ4v) is 1.64. The Hall–Kier alpha value is -1.50. The van der Waals surface area contributed by atoms with Gasteiger partial charge >= 0.3 is 13.5 Å². The number of rotatable bonds is 5. The van der Waals surface area contributed by atoms with Crippen LogP contribution in [0.2, 0.25) is 0 Å². The van der Waals surface area contributed by atoms with Gasteiger partial charge in [-0.3, -0.25) is 19.2 Å². The fourth-order valence-electron chi connectivity index (χ4n) is 0.971. The van der Waals surface area contributed by atoms with Crippen LogP contribution < -0.4 is 4.52 Å². The predicted molar refractivity (Wildman–Crippen MR) is 55.3 cm³/mol. The summed E-state index contributed by atoms with van der Waals surface area (Å²) >= 11 is 0. The molecule has 0 bridgehead atoms. The number of benzene rings is 1. The molecule has 7 nitrogen and oxygen atoms in total. The minimum atomic E-state index is -3.80. The van der Waals surface area contributed by atoms with Crippen LogP contribution in [-0.4, -0.2) is 19.1 Å². The molecule has 1 aromatic rings. The first-order valence-electron chi connectivity index (χ1n) is 4.27. The highest BCUT2D eigenvalue weighted by atomic mass is 31.2. The summed E-state index contributed by atoms with van der Waals surface area (Å²) in [6, 6.07) is 2.70. The van der Waals surface area contributed by atoms with E-state index in [4.69, 9.17) is 4.52 Å². The Labute approximate surface area is 95.9 Å². The van der Waals surface area contributed by atoms with E-state index < -0.39 is 24.3 Å². The van der Waals surface area contributed by atoms with Gasteiger partial charge in [-0.05, 0) is 6.07 Å². The molecule has 0 aliphatic heterocycles. The van der Waals surface area contributed by atoms with Gasteiger partial charge in [0.15, 0.2) is 0 Å². The fraction of sp³-hybridized carbons (Fsp3) is 0.250. The predicted octanol–water partition coefficient (Wildman–Crippen LogP) is 2.51. The normalized spacial score (nSPS) is 11.2. The Morgan fingerprint density at radius 1 is 1.35 bits per heavy atom. The van der Waals surface area contributed by atoms with Crippen LogP contribution >= 0.6 is 7.82 Å². The number of halogens is 1. The van der Waals surface area contributed by atoms with E-state index in [9.17, 15) is 19.1 Å². The Kier molecular flexibility index (Phi) is 4.17. The molecular weight excluding hydrogens is 256 g/mol. The molecule has 94 valence electrons. The topological polar surface area (TPSA) is 87.9 Å². The first kappa shape index (κ1) is 13.6. The Morgan fingerprint density at radius 3 is 2.35 bits per heavy atom. The molecule has 0 aliphatic carbocycles. The van der Waals surface area contributed by atoms with Crippen molar-refractivity contribution < 1.29 is 27.5 Å². The number of phosphoric ester groups is 1. The van der Waals surface area contributed by atoms with Crippen LogP contribution in [0.25, 0.3) is 0 Å². The number of nitro groups is 1. The lowest BCUT2D eigenvalue weighted by Gasteiger charge is -2.13. The maximum atomic E-state index is 13.2. The van der Waals surface area contributed by atoms with E-state index in [0.717, 1.165) is 32.4 Å². The third-order valence-electron chi connectivity index (χ3n) is 1.78. The SMILES string of the molecule is COP(=O)(OC)Oc1ccc([N+](=O)[O-])c(F)c1. The van der Waals surface area contributed by atoms with E-state index in [0.29, 0.717) is 0 Å². The lowest BCUT2D eigenvalue weighted by atomic mass is 10.3. The van der Waals surface area contributed by atoms with Crippen molar-refractivity contribution in [2.24, 2.45) is 0 Å². The van der Waals surface area contributed by atoms with Crippen molar-refractivity contribution in [3.8, 4) is 5.75 Å². The average molecular weight is 265 g/mol. The van der Waals surface area contributed by atoms with Gasteiger partial charge in [0.1, 0.15) is 5.75 Å². The smallest absolute Gasteiger partial charge is 0.404 e. The third kappa shape index (κ3) is 3.23. The van der Waals surface area contributed by atoms with Gasteiger partial charge in [0.2, 0.25) is 5.82 Å².